The van der Waals surface area contributed by atoms with Crippen molar-refractivity contribution < 1.29 is 19.0 Å². The second kappa shape index (κ2) is 13.3. The number of allylic oxidation sites excluding steroid dienone is 1. The van der Waals surface area contributed by atoms with Crippen LogP contribution in [0.2, 0.25) is 0 Å². The summed E-state index contributed by atoms with van der Waals surface area (Å²) in [5, 5.41) is 1.98. The SMILES string of the molecule is CCOC(=O)C1=C(C)N=c2s/c(=C\c3c(OCc4ccc(Br)cc4)ccc4ccccc34)c(=O)n2[C@H]1c1ccccc1OCC. The number of hydrogen-bond acceptors (Lipinski definition) is 7. The van der Waals surface area contributed by atoms with Crippen LogP contribution >= 0.6 is 27.3 Å². The number of carbonyl (C=O) groups is 1. The van der Waals surface area contributed by atoms with Crippen molar-refractivity contribution in [3.05, 3.63) is 137 Å². The number of fused-ring (bicyclic) bond motifs is 2. The summed E-state index contributed by atoms with van der Waals surface area (Å²) in [6, 6.07) is 26.6. The fourth-order valence-electron chi connectivity index (χ4n) is 5.50. The number of hydrogen-bond donors (Lipinski definition) is 0. The summed E-state index contributed by atoms with van der Waals surface area (Å²) in [5.41, 5.74) is 3.05. The molecule has 7 nitrogen and oxygen atoms in total. The first-order valence-electron chi connectivity index (χ1n) is 14.7. The van der Waals surface area contributed by atoms with E-state index in [9.17, 15) is 9.59 Å². The molecule has 0 bridgehead atoms. The number of halogens is 1. The van der Waals surface area contributed by atoms with Gasteiger partial charge >= 0.3 is 5.97 Å². The molecule has 0 amide bonds. The predicted molar refractivity (Wildman–Crippen MR) is 180 cm³/mol. The predicted octanol–water partition coefficient (Wildman–Crippen LogP) is 6.69. The Morgan fingerprint density at radius 1 is 0.933 bits per heavy atom. The minimum Gasteiger partial charge on any atom is -0.494 e. The molecular formula is C36H31BrN2O5S. The van der Waals surface area contributed by atoms with Crippen LogP contribution in [0.4, 0.5) is 0 Å². The normalized spacial score (nSPS) is 14.7. The zero-order valence-electron chi connectivity index (χ0n) is 25.1. The van der Waals surface area contributed by atoms with Crippen molar-refractivity contribution in [1.29, 1.82) is 0 Å². The van der Waals surface area contributed by atoms with Crippen LogP contribution in [0.1, 0.15) is 43.5 Å². The number of esters is 1. The average Bonchev–Trinajstić information content (AvgIpc) is 3.35. The Morgan fingerprint density at radius 2 is 1.69 bits per heavy atom. The molecule has 1 atom stereocenters. The number of ether oxygens (including phenoxy) is 3. The first-order chi connectivity index (χ1) is 21.9. The van der Waals surface area contributed by atoms with E-state index < -0.39 is 12.0 Å². The number of aromatic nitrogens is 1. The number of rotatable bonds is 9. The number of nitrogens with zero attached hydrogens (tertiary/aromatic N) is 2. The number of thiazole rings is 1. The van der Waals surface area contributed by atoms with E-state index in [-0.39, 0.29) is 12.2 Å². The minimum absolute atomic E-state index is 0.198. The van der Waals surface area contributed by atoms with Crippen LogP contribution in [0.5, 0.6) is 11.5 Å². The van der Waals surface area contributed by atoms with E-state index in [1.54, 1.807) is 18.4 Å². The lowest BCUT2D eigenvalue weighted by Crippen LogP contribution is -2.40. The summed E-state index contributed by atoms with van der Waals surface area (Å²) >= 11 is 4.76. The van der Waals surface area contributed by atoms with E-state index in [0.717, 1.165) is 26.4 Å². The second-order valence-electron chi connectivity index (χ2n) is 10.4. The Labute approximate surface area is 272 Å². The molecule has 1 aliphatic heterocycles. The largest absolute Gasteiger partial charge is 0.494 e. The molecule has 0 unspecified atom stereocenters. The maximum absolute atomic E-state index is 14.4. The smallest absolute Gasteiger partial charge is 0.338 e. The standard InChI is InChI=1S/C36H31BrN2O5S/c1-4-42-29-13-9-8-12-27(29)33-32(35(41)43-5-2)22(3)38-36-39(33)34(40)31(45-36)20-28-26-11-7-6-10-24(26)16-19-30(28)44-21-23-14-17-25(37)18-15-23/h6-20,33H,4-5,21H2,1-3H3/b31-20-/t33-/m0/s1. The molecule has 5 aromatic rings. The van der Waals surface area contributed by atoms with Gasteiger partial charge in [-0.3, -0.25) is 9.36 Å². The van der Waals surface area contributed by atoms with Crippen LogP contribution in [-0.4, -0.2) is 23.8 Å². The molecule has 9 heteroatoms. The maximum Gasteiger partial charge on any atom is 0.338 e. The van der Waals surface area contributed by atoms with E-state index in [1.165, 1.54) is 11.3 Å². The number of para-hydroxylation sites is 1. The topological polar surface area (TPSA) is 79.1 Å². The van der Waals surface area contributed by atoms with Crippen LogP contribution < -0.4 is 24.4 Å². The summed E-state index contributed by atoms with van der Waals surface area (Å²) in [4.78, 5) is 33.0. The van der Waals surface area contributed by atoms with Gasteiger partial charge in [0.1, 0.15) is 24.1 Å². The Bertz CT molecular complexity index is 2110. The van der Waals surface area contributed by atoms with Crippen LogP contribution in [-0.2, 0) is 16.1 Å². The fraction of sp³-hybridized carbons (Fsp3) is 0.194. The highest BCUT2D eigenvalue weighted by molar-refractivity contribution is 9.10. The van der Waals surface area contributed by atoms with E-state index in [1.807, 2.05) is 97.9 Å². The van der Waals surface area contributed by atoms with Gasteiger partial charge in [0, 0.05) is 15.6 Å². The van der Waals surface area contributed by atoms with Crippen LogP contribution in [0.25, 0.3) is 16.8 Å². The van der Waals surface area contributed by atoms with Crippen molar-refractivity contribution in [1.82, 2.24) is 4.57 Å². The molecular weight excluding hydrogens is 652 g/mol. The molecule has 4 aromatic carbocycles. The van der Waals surface area contributed by atoms with E-state index in [4.69, 9.17) is 19.2 Å². The van der Waals surface area contributed by atoms with Crippen molar-refractivity contribution in [3.63, 3.8) is 0 Å². The number of benzene rings is 4. The molecule has 0 spiro atoms. The van der Waals surface area contributed by atoms with Crippen molar-refractivity contribution in [3.8, 4) is 11.5 Å². The van der Waals surface area contributed by atoms with Crippen molar-refractivity contribution in [2.45, 2.75) is 33.4 Å². The monoisotopic (exact) mass is 682 g/mol. The van der Waals surface area contributed by atoms with Crippen molar-refractivity contribution in [2.75, 3.05) is 13.2 Å². The van der Waals surface area contributed by atoms with E-state index in [2.05, 4.69) is 15.9 Å². The van der Waals surface area contributed by atoms with Crippen LogP contribution in [0, 0.1) is 0 Å². The zero-order chi connectivity index (χ0) is 31.5. The van der Waals surface area contributed by atoms with Crippen molar-refractivity contribution >= 4 is 50.1 Å². The van der Waals surface area contributed by atoms with Gasteiger partial charge in [0.25, 0.3) is 5.56 Å². The molecule has 6 rings (SSSR count). The second-order valence-corrected chi connectivity index (χ2v) is 12.3. The Morgan fingerprint density at radius 3 is 2.47 bits per heavy atom. The van der Waals surface area contributed by atoms with Crippen LogP contribution in [0.15, 0.2) is 110 Å². The van der Waals surface area contributed by atoms with E-state index in [0.29, 0.717) is 50.9 Å². The quantitative estimate of drug-likeness (QED) is 0.162. The first-order valence-corrected chi connectivity index (χ1v) is 16.3. The molecule has 0 fully saturated rings. The molecule has 0 saturated heterocycles. The zero-order valence-corrected chi connectivity index (χ0v) is 27.5. The van der Waals surface area contributed by atoms with Gasteiger partial charge in [0.2, 0.25) is 0 Å². The summed E-state index contributed by atoms with van der Waals surface area (Å²) in [6.45, 7) is 6.43. The summed E-state index contributed by atoms with van der Waals surface area (Å²) in [5.74, 6) is 0.736. The highest BCUT2D eigenvalue weighted by atomic mass is 79.9. The summed E-state index contributed by atoms with van der Waals surface area (Å²) in [7, 11) is 0. The molecule has 0 saturated carbocycles. The molecule has 0 radical (unpaired) electrons. The lowest BCUT2D eigenvalue weighted by atomic mass is 9.95. The highest BCUT2D eigenvalue weighted by Crippen LogP contribution is 2.36. The average molecular weight is 684 g/mol. The first kappa shape index (κ1) is 30.6. The molecule has 228 valence electrons. The van der Waals surface area contributed by atoms with Gasteiger partial charge in [-0.05, 0) is 67.4 Å². The number of carbonyl (C=O) groups excluding carboxylic acids is 1. The minimum atomic E-state index is -0.772. The van der Waals surface area contributed by atoms with Crippen LogP contribution in [0.3, 0.4) is 0 Å². The Hall–Kier alpha value is -4.47. The van der Waals surface area contributed by atoms with Crippen molar-refractivity contribution in [2.24, 2.45) is 4.99 Å². The molecule has 2 heterocycles. The van der Waals surface area contributed by atoms with Gasteiger partial charge < -0.3 is 14.2 Å². The summed E-state index contributed by atoms with van der Waals surface area (Å²) in [6.07, 6.45) is 1.87. The van der Waals surface area contributed by atoms with Gasteiger partial charge in [-0.15, -0.1) is 0 Å². The van der Waals surface area contributed by atoms with Gasteiger partial charge in [-0.2, -0.15) is 0 Å². The van der Waals surface area contributed by atoms with Gasteiger partial charge in [-0.25, -0.2) is 9.79 Å². The lowest BCUT2D eigenvalue weighted by Gasteiger charge is -2.26. The third kappa shape index (κ3) is 6.10. The van der Waals surface area contributed by atoms with Gasteiger partial charge in [0.15, 0.2) is 4.80 Å². The molecule has 1 aliphatic rings. The molecule has 45 heavy (non-hydrogen) atoms. The highest BCUT2D eigenvalue weighted by Gasteiger charge is 2.35. The third-order valence-electron chi connectivity index (χ3n) is 7.54. The summed E-state index contributed by atoms with van der Waals surface area (Å²) < 4.78 is 20.8. The van der Waals surface area contributed by atoms with Gasteiger partial charge in [-0.1, -0.05) is 87.9 Å². The Kier molecular flexibility index (Phi) is 9.00. The maximum atomic E-state index is 14.4. The molecule has 0 N–H and O–H groups in total. The van der Waals surface area contributed by atoms with E-state index >= 15 is 0 Å². The van der Waals surface area contributed by atoms with Gasteiger partial charge in [0.05, 0.1) is 29.0 Å². The molecule has 0 aliphatic carbocycles. The molecule has 1 aromatic heterocycles. The third-order valence-corrected chi connectivity index (χ3v) is 9.06. The fourth-order valence-corrected chi connectivity index (χ4v) is 6.80. The lowest BCUT2D eigenvalue weighted by molar-refractivity contribution is -0.139. The Balaban J connectivity index is 1.54.